The summed E-state index contributed by atoms with van der Waals surface area (Å²) in [4.78, 5) is 31.9. The molecule has 1 radical (unpaired) electrons. The molecule has 0 aromatic heterocycles. The number of carbonyl (C=O) groups excluding carboxylic acids is 2. The van der Waals surface area contributed by atoms with Crippen molar-refractivity contribution in [3.05, 3.63) is 41.6 Å². The van der Waals surface area contributed by atoms with Crippen LogP contribution in [-0.2, 0) is 14.4 Å². The maximum atomic E-state index is 11.1. The van der Waals surface area contributed by atoms with E-state index in [0.717, 1.165) is 0 Å². The third-order valence-electron chi connectivity index (χ3n) is 1.81. The first-order valence-electron chi connectivity index (χ1n) is 4.78. The first-order chi connectivity index (χ1) is 8.11. The molecule has 5 heteroatoms. The van der Waals surface area contributed by atoms with Gasteiger partial charge >= 0.3 is 5.97 Å². The van der Waals surface area contributed by atoms with E-state index in [-0.39, 0.29) is 5.70 Å². The van der Waals surface area contributed by atoms with E-state index >= 15 is 0 Å². The maximum Gasteiger partial charge on any atom is 0.312 e. The number of hydrogen-bond acceptors (Lipinski definition) is 3. The van der Waals surface area contributed by atoms with Gasteiger partial charge in [0.05, 0.1) is 5.70 Å². The van der Waals surface area contributed by atoms with Gasteiger partial charge in [-0.3, -0.25) is 14.4 Å². The van der Waals surface area contributed by atoms with Crippen molar-refractivity contribution < 1.29 is 19.5 Å². The van der Waals surface area contributed by atoms with Crippen LogP contribution in [0.2, 0.25) is 0 Å². The number of allylic oxidation sites excluding steroid dienone is 1. The van der Waals surface area contributed by atoms with Crippen LogP contribution in [0, 0.1) is 0 Å². The molecule has 2 N–H and O–H groups in total. The summed E-state index contributed by atoms with van der Waals surface area (Å²) in [5.41, 5.74) is 0.615. The van der Waals surface area contributed by atoms with Crippen LogP contribution in [0.25, 0.3) is 6.08 Å². The number of rotatable bonds is 5. The minimum Gasteiger partial charge on any atom is -0.481 e. The molecule has 0 bridgehead atoms. The van der Waals surface area contributed by atoms with Crippen LogP contribution in [0.5, 0.6) is 0 Å². The highest BCUT2D eigenvalue weighted by Crippen LogP contribution is 2.03. The summed E-state index contributed by atoms with van der Waals surface area (Å²) in [7, 11) is 0. The SMILES string of the molecule is O=[C]C(=Cc1ccccc1)NC(=O)CC(=O)O. The van der Waals surface area contributed by atoms with E-state index in [1.54, 1.807) is 30.6 Å². The topological polar surface area (TPSA) is 83.5 Å². The molecule has 87 valence electrons. The van der Waals surface area contributed by atoms with Gasteiger partial charge in [-0.05, 0) is 11.6 Å². The average molecular weight is 232 g/mol. The van der Waals surface area contributed by atoms with Crippen molar-refractivity contribution in [2.75, 3.05) is 0 Å². The Bertz CT molecular complexity index is 451. The maximum absolute atomic E-state index is 11.1. The van der Waals surface area contributed by atoms with Crippen molar-refractivity contribution in [3.63, 3.8) is 0 Å². The van der Waals surface area contributed by atoms with Gasteiger partial charge in [0.2, 0.25) is 5.91 Å². The van der Waals surface area contributed by atoms with Crippen LogP contribution in [-0.4, -0.2) is 23.3 Å². The second kappa shape index (κ2) is 6.22. The third kappa shape index (κ3) is 4.74. The predicted octanol–water partition coefficient (Wildman–Crippen LogP) is 0.728. The van der Waals surface area contributed by atoms with E-state index in [4.69, 9.17) is 5.11 Å². The fourth-order valence-electron chi connectivity index (χ4n) is 1.14. The number of nitrogens with one attached hydrogen (secondary N) is 1. The molecule has 5 nitrogen and oxygen atoms in total. The zero-order chi connectivity index (χ0) is 12.7. The molecule has 1 aromatic carbocycles. The summed E-state index contributed by atoms with van der Waals surface area (Å²) in [5, 5.41) is 10.5. The van der Waals surface area contributed by atoms with E-state index in [2.05, 4.69) is 5.32 Å². The normalized spacial score (nSPS) is 10.7. The Labute approximate surface area is 97.8 Å². The van der Waals surface area contributed by atoms with Gasteiger partial charge in [0.25, 0.3) is 6.29 Å². The lowest BCUT2D eigenvalue weighted by atomic mass is 10.2. The molecule has 0 atom stereocenters. The van der Waals surface area contributed by atoms with E-state index in [0.29, 0.717) is 5.56 Å². The number of carboxylic acids is 1. The van der Waals surface area contributed by atoms with Gasteiger partial charge in [-0.15, -0.1) is 0 Å². The summed E-state index contributed by atoms with van der Waals surface area (Å²) < 4.78 is 0. The lowest BCUT2D eigenvalue weighted by molar-refractivity contribution is -0.140. The summed E-state index contributed by atoms with van der Waals surface area (Å²) in [6.45, 7) is 0. The second-order valence-corrected chi connectivity index (χ2v) is 3.19. The van der Waals surface area contributed by atoms with E-state index < -0.39 is 18.3 Å². The van der Waals surface area contributed by atoms with Gasteiger partial charge in [-0.2, -0.15) is 0 Å². The van der Waals surface area contributed by atoms with E-state index in [1.807, 2.05) is 6.07 Å². The Morgan fingerprint density at radius 3 is 2.47 bits per heavy atom. The first kappa shape index (κ1) is 12.6. The van der Waals surface area contributed by atoms with Crippen LogP contribution in [0.4, 0.5) is 0 Å². The van der Waals surface area contributed by atoms with Crippen LogP contribution in [0.15, 0.2) is 36.0 Å². The Balaban J connectivity index is 2.72. The van der Waals surface area contributed by atoms with Crippen molar-refractivity contribution in [1.29, 1.82) is 0 Å². The Hall–Kier alpha value is -2.43. The molecule has 0 heterocycles. The molecule has 1 rings (SSSR count). The molecule has 0 aliphatic rings. The molecule has 0 fully saturated rings. The molecule has 1 aromatic rings. The number of benzene rings is 1. The van der Waals surface area contributed by atoms with Crippen LogP contribution in [0.1, 0.15) is 12.0 Å². The van der Waals surface area contributed by atoms with Crippen molar-refractivity contribution in [2.24, 2.45) is 0 Å². The quantitative estimate of drug-likeness (QED) is 0.579. The minimum absolute atomic E-state index is 0.0950. The number of carboxylic acid groups (broad SMARTS) is 1. The van der Waals surface area contributed by atoms with Crippen LogP contribution in [0.3, 0.4) is 0 Å². The number of carbonyl (C=O) groups is 2. The lowest BCUT2D eigenvalue weighted by Gasteiger charge is -2.01. The summed E-state index contributed by atoms with van der Waals surface area (Å²) >= 11 is 0. The number of hydrogen-bond donors (Lipinski definition) is 2. The molecular formula is C12H10NO4. The predicted molar refractivity (Wildman–Crippen MR) is 60.5 cm³/mol. The molecule has 0 saturated heterocycles. The van der Waals surface area contributed by atoms with Gasteiger partial charge < -0.3 is 10.4 Å². The minimum atomic E-state index is -1.26. The van der Waals surface area contributed by atoms with E-state index in [1.165, 1.54) is 6.08 Å². The van der Waals surface area contributed by atoms with Crippen molar-refractivity contribution in [1.82, 2.24) is 5.32 Å². The van der Waals surface area contributed by atoms with Gasteiger partial charge in [-0.1, -0.05) is 30.3 Å². The molecule has 0 spiro atoms. The van der Waals surface area contributed by atoms with Crippen LogP contribution >= 0.6 is 0 Å². The summed E-state index contributed by atoms with van der Waals surface area (Å²) in [6, 6.07) is 8.83. The third-order valence-corrected chi connectivity index (χ3v) is 1.81. The Kier molecular flexibility index (Phi) is 4.62. The molecule has 0 saturated carbocycles. The van der Waals surface area contributed by atoms with Gasteiger partial charge in [0.1, 0.15) is 6.42 Å². The molecule has 0 aliphatic carbocycles. The lowest BCUT2D eigenvalue weighted by Crippen LogP contribution is -2.25. The number of aliphatic carboxylic acids is 1. The molecule has 0 aliphatic heterocycles. The zero-order valence-corrected chi connectivity index (χ0v) is 8.84. The van der Waals surface area contributed by atoms with Gasteiger partial charge in [-0.25, -0.2) is 0 Å². The standard InChI is InChI=1S/C12H10NO4/c14-8-10(13-11(15)7-12(16)17)6-9-4-2-1-3-5-9/h1-6H,7H2,(H,13,15)(H,16,17). The first-order valence-corrected chi connectivity index (χ1v) is 4.78. The monoisotopic (exact) mass is 232 g/mol. The van der Waals surface area contributed by atoms with Crippen molar-refractivity contribution >= 4 is 24.2 Å². The van der Waals surface area contributed by atoms with Crippen molar-refractivity contribution in [3.8, 4) is 0 Å². The molecular weight excluding hydrogens is 222 g/mol. The van der Waals surface area contributed by atoms with Crippen LogP contribution < -0.4 is 5.32 Å². The largest absolute Gasteiger partial charge is 0.481 e. The second-order valence-electron chi connectivity index (χ2n) is 3.19. The van der Waals surface area contributed by atoms with Crippen molar-refractivity contribution in [2.45, 2.75) is 6.42 Å². The summed E-state index contributed by atoms with van der Waals surface area (Å²) in [5.74, 6) is -2.02. The van der Waals surface area contributed by atoms with E-state index in [9.17, 15) is 14.4 Å². The highest BCUT2D eigenvalue weighted by molar-refractivity contribution is 5.97. The molecule has 1 amide bonds. The Morgan fingerprint density at radius 2 is 1.94 bits per heavy atom. The molecule has 17 heavy (non-hydrogen) atoms. The fraction of sp³-hybridized carbons (Fsp3) is 0.0833. The summed E-state index contributed by atoms with van der Waals surface area (Å²) in [6.07, 6.45) is 2.26. The molecule has 0 unspecified atom stereocenters. The highest BCUT2D eigenvalue weighted by atomic mass is 16.4. The average Bonchev–Trinajstić information content (AvgIpc) is 2.28. The zero-order valence-electron chi connectivity index (χ0n) is 8.84. The highest BCUT2D eigenvalue weighted by Gasteiger charge is 2.09. The fourth-order valence-corrected chi connectivity index (χ4v) is 1.14. The smallest absolute Gasteiger partial charge is 0.312 e. The van der Waals surface area contributed by atoms with Gasteiger partial charge in [0.15, 0.2) is 0 Å². The van der Waals surface area contributed by atoms with Gasteiger partial charge in [0, 0.05) is 0 Å². The Morgan fingerprint density at radius 1 is 1.29 bits per heavy atom. The number of amides is 1.